The van der Waals surface area contributed by atoms with Gasteiger partial charge in [0.05, 0.1) is 0 Å². The second kappa shape index (κ2) is 6.75. The maximum atomic E-state index is 11.4. The van der Waals surface area contributed by atoms with Crippen LogP contribution in [0.3, 0.4) is 0 Å². The molecular formula is C13H19N3O2S. The molecule has 1 aliphatic rings. The molecule has 0 saturated heterocycles. The summed E-state index contributed by atoms with van der Waals surface area (Å²) < 4.78 is 0. The van der Waals surface area contributed by atoms with Gasteiger partial charge in [-0.15, -0.1) is 11.8 Å². The summed E-state index contributed by atoms with van der Waals surface area (Å²) in [4.78, 5) is 19.6. The molecular weight excluding hydrogens is 262 g/mol. The van der Waals surface area contributed by atoms with Crippen molar-refractivity contribution in [3.8, 4) is 0 Å². The summed E-state index contributed by atoms with van der Waals surface area (Å²) in [5.74, 6) is -0.00696. The quantitative estimate of drug-likeness (QED) is 0.638. The average Bonchev–Trinajstić information content (AvgIpc) is 2.45. The molecule has 1 aromatic heterocycles. The monoisotopic (exact) mass is 281 g/mol. The van der Waals surface area contributed by atoms with Crippen LogP contribution in [0.1, 0.15) is 32.1 Å². The van der Waals surface area contributed by atoms with Crippen LogP contribution in [0, 0.1) is 5.92 Å². The van der Waals surface area contributed by atoms with E-state index < -0.39 is 12.0 Å². The van der Waals surface area contributed by atoms with Crippen molar-refractivity contribution in [2.24, 2.45) is 5.92 Å². The van der Waals surface area contributed by atoms with E-state index in [1.165, 1.54) is 24.5 Å². The summed E-state index contributed by atoms with van der Waals surface area (Å²) >= 11 is 1.52. The Bertz CT molecular complexity index is 436. The molecule has 0 aromatic carbocycles. The molecule has 1 aromatic rings. The lowest BCUT2D eigenvalue weighted by Crippen LogP contribution is -2.38. The zero-order valence-electron chi connectivity index (χ0n) is 11.0. The molecule has 0 radical (unpaired) electrons. The summed E-state index contributed by atoms with van der Waals surface area (Å²) in [6.45, 7) is 0. The lowest BCUT2D eigenvalue weighted by molar-refractivity contribution is -0.139. The fourth-order valence-electron chi connectivity index (χ4n) is 2.54. The highest BCUT2D eigenvalue weighted by atomic mass is 32.2. The average molecular weight is 281 g/mol. The topological polar surface area (TPSA) is 75.1 Å². The molecule has 2 N–H and O–H groups in total. The summed E-state index contributed by atoms with van der Waals surface area (Å²) in [6.07, 6.45) is 8.81. The number of nitrogens with one attached hydrogen (secondary N) is 1. The molecule has 1 atom stereocenters. The second-order valence-corrected chi connectivity index (χ2v) is 5.63. The van der Waals surface area contributed by atoms with Crippen LogP contribution in [-0.2, 0) is 4.79 Å². The number of aromatic nitrogens is 2. The van der Waals surface area contributed by atoms with Gasteiger partial charge < -0.3 is 10.4 Å². The minimum atomic E-state index is -0.795. The SMILES string of the molecule is CSc1cc(NC(C(=O)O)C2CCCCC2)ncn1. The molecule has 2 rings (SSSR count). The van der Waals surface area contributed by atoms with Crippen LogP contribution in [0.15, 0.2) is 17.4 Å². The molecule has 19 heavy (non-hydrogen) atoms. The Hall–Kier alpha value is -1.30. The first kappa shape index (κ1) is 14.1. The predicted molar refractivity (Wildman–Crippen MR) is 75.4 cm³/mol. The largest absolute Gasteiger partial charge is 0.480 e. The van der Waals surface area contributed by atoms with E-state index in [0.29, 0.717) is 5.82 Å². The van der Waals surface area contributed by atoms with Crippen LogP contribution < -0.4 is 5.32 Å². The lowest BCUT2D eigenvalue weighted by atomic mass is 9.84. The van der Waals surface area contributed by atoms with Gasteiger partial charge in [0.2, 0.25) is 0 Å². The fraction of sp³-hybridized carbons (Fsp3) is 0.615. The van der Waals surface area contributed by atoms with Crippen molar-refractivity contribution in [1.82, 2.24) is 9.97 Å². The molecule has 0 amide bonds. The third kappa shape index (κ3) is 3.83. The summed E-state index contributed by atoms with van der Waals surface area (Å²) in [5, 5.41) is 13.3. The van der Waals surface area contributed by atoms with E-state index in [4.69, 9.17) is 0 Å². The number of carbonyl (C=O) groups is 1. The molecule has 1 unspecified atom stereocenters. The molecule has 5 nitrogen and oxygen atoms in total. The number of carboxylic acids is 1. The number of hydrogen-bond acceptors (Lipinski definition) is 5. The lowest BCUT2D eigenvalue weighted by Gasteiger charge is -2.28. The van der Waals surface area contributed by atoms with Crippen molar-refractivity contribution in [3.05, 3.63) is 12.4 Å². The Morgan fingerprint density at radius 3 is 2.79 bits per heavy atom. The number of anilines is 1. The summed E-state index contributed by atoms with van der Waals surface area (Å²) in [5.41, 5.74) is 0. The summed E-state index contributed by atoms with van der Waals surface area (Å²) in [7, 11) is 0. The smallest absolute Gasteiger partial charge is 0.326 e. The molecule has 0 aliphatic heterocycles. The maximum Gasteiger partial charge on any atom is 0.326 e. The van der Waals surface area contributed by atoms with E-state index in [0.717, 1.165) is 30.7 Å². The van der Waals surface area contributed by atoms with Crippen LogP contribution in [0.4, 0.5) is 5.82 Å². The highest BCUT2D eigenvalue weighted by molar-refractivity contribution is 7.98. The van der Waals surface area contributed by atoms with Crippen LogP contribution in [0.5, 0.6) is 0 Å². The third-order valence-corrected chi connectivity index (χ3v) is 4.18. The van der Waals surface area contributed by atoms with Gasteiger partial charge in [-0.25, -0.2) is 14.8 Å². The molecule has 6 heteroatoms. The van der Waals surface area contributed by atoms with Crippen LogP contribution in [0.2, 0.25) is 0 Å². The predicted octanol–water partition coefficient (Wildman–Crippen LogP) is 2.64. The first-order valence-electron chi connectivity index (χ1n) is 6.56. The highest BCUT2D eigenvalue weighted by Gasteiger charge is 2.29. The number of carboxylic acid groups (broad SMARTS) is 1. The van der Waals surface area contributed by atoms with E-state index >= 15 is 0 Å². The number of hydrogen-bond donors (Lipinski definition) is 2. The highest BCUT2D eigenvalue weighted by Crippen LogP contribution is 2.28. The standard InChI is InChI=1S/C13H19N3O2S/c1-19-11-7-10(14-8-15-11)16-12(13(17)18)9-5-3-2-4-6-9/h7-9,12H,2-6H2,1H3,(H,17,18)(H,14,15,16). The molecule has 0 bridgehead atoms. The molecule has 1 fully saturated rings. The molecule has 0 spiro atoms. The number of aliphatic carboxylic acids is 1. The normalized spacial score (nSPS) is 17.9. The van der Waals surface area contributed by atoms with Crippen molar-refractivity contribution >= 4 is 23.5 Å². The minimum Gasteiger partial charge on any atom is -0.480 e. The Morgan fingerprint density at radius 1 is 1.42 bits per heavy atom. The van der Waals surface area contributed by atoms with Gasteiger partial charge >= 0.3 is 5.97 Å². The first-order valence-corrected chi connectivity index (χ1v) is 7.78. The van der Waals surface area contributed by atoms with E-state index in [9.17, 15) is 9.90 Å². The van der Waals surface area contributed by atoms with Gasteiger partial charge in [0.15, 0.2) is 0 Å². The third-order valence-electron chi connectivity index (χ3n) is 3.54. The zero-order valence-corrected chi connectivity index (χ0v) is 11.8. The Morgan fingerprint density at radius 2 is 2.16 bits per heavy atom. The van der Waals surface area contributed by atoms with E-state index in [1.807, 2.05) is 6.26 Å². The van der Waals surface area contributed by atoms with E-state index in [2.05, 4.69) is 15.3 Å². The second-order valence-electron chi connectivity index (χ2n) is 4.80. The molecule has 104 valence electrons. The van der Waals surface area contributed by atoms with Crippen molar-refractivity contribution in [1.29, 1.82) is 0 Å². The van der Waals surface area contributed by atoms with Gasteiger partial charge in [0.1, 0.15) is 23.2 Å². The first-order chi connectivity index (χ1) is 9.20. The van der Waals surface area contributed by atoms with Gasteiger partial charge in [-0.2, -0.15) is 0 Å². The van der Waals surface area contributed by atoms with Gasteiger partial charge in [0, 0.05) is 6.07 Å². The van der Waals surface area contributed by atoms with Crippen molar-refractivity contribution in [2.75, 3.05) is 11.6 Å². The number of rotatable bonds is 5. The van der Waals surface area contributed by atoms with Crippen LogP contribution in [0.25, 0.3) is 0 Å². The van der Waals surface area contributed by atoms with Crippen LogP contribution in [-0.4, -0.2) is 33.3 Å². The number of nitrogens with zero attached hydrogens (tertiary/aromatic N) is 2. The minimum absolute atomic E-state index is 0.193. The molecule has 1 heterocycles. The zero-order chi connectivity index (χ0) is 13.7. The molecule has 1 saturated carbocycles. The van der Waals surface area contributed by atoms with Crippen molar-refractivity contribution < 1.29 is 9.90 Å². The van der Waals surface area contributed by atoms with Crippen LogP contribution >= 0.6 is 11.8 Å². The van der Waals surface area contributed by atoms with Gasteiger partial charge in [-0.05, 0) is 25.0 Å². The van der Waals surface area contributed by atoms with E-state index in [1.54, 1.807) is 6.07 Å². The van der Waals surface area contributed by atoms with Gasteiger partial charge in [-0.3, -0.25) is 0 Å². The molecule has 1 aliphatic carbocycles. The summed E-state index contributed by atoms with van der Waals surface area (Å²) in [6, 6.07) is 1.24. The van der Waals surface area contributed by atoms with Gasteiger partial charge in [0.25, 0.3) is 0 Å². The van der Waals surface area contributed by atoms with Gasteiger partial charge in [-0.1, -0.05) is 19.3 Å². The Kier molecular flexibility index (Phi) is 5.01. The maximum absolute atomic E-state index is 11.4. The Balaban J connectivity index is 2.08. The van der Waals surface area contributed by atoms with Crippen molar-refractivity contribution in [3.63, 3.8) is 0 Å². The fourth-order valence-corrected chi connectivity index (χ4v) is 2.92. The Labute approximate surface area is 117 Å². The van der Waals surface area contributed by atoms with Crippen molar-refractivity contribution in [2.45, 2.75) is 43.2 Å². The number of thioether (sulfide) groups is 1. The van der Waals surface area contributed by atoms with E-state index in [-0.39, 0.29) is 5.92 Å².